The molecule has 26 heavy (non-hydrogen) atoms. The largest absolute Gasteiger partial charge is 0.476 e. The lowest BCUT2D eigenvalue weighted by Gasteiger charge is -2.16. The van der Waals surface area contributed by atoms with E-state index in [4.69, 9.17) is 9.47 Å². The maximum absolute atomic E-state index is 12.1. The number of hydrogen-bond acceptors (Lipinski definition) is 7. The minimum atomic E-state index is -0.901. The van der Waals surface area contributed by atoms with Gasteiger partial charge in [0.25, 0.3) is 5.91 Å². The van der Waals surface area contributed by atoms with Gasteiger partial charge in [-0.1, -0.05) is 30.3 Å². The molecule has 9 nitrogen and oxygen atoms in total. The van der Waals surface area contributed by atoms with Crippen LogP contribution in [0.5, 0.6) is 5.75 Å². The van der Waals surface area contributed by atoms with E-state index in [9.17, 15) is 19.7 Å². The highest BCUT2D eigenvalue weighted by atomic mass is 16.6. The smallest absolute Gasteiger partial charge is 0.406 e. The number of nitrogens with zero attached hydrogens (tertiary/aromatic N) is 2. The first-order valence-corrected chi connectivity index (χ1v) is 7.64. The number of methoxy groups -OCH3 is 1. The van der Waals surface area contributed by atoms with Crippen molar-refractivity contribution in [2.24, 2.45) is 0 Å². The summed E-state index contributed by atoms with van der Waals surface area (Å²) in [6.07, 6.45) is 1.49. The van der Waals surface area contributed by atoms with Gasteiger partial charge < -0.3 is 24.9 Å². The van der Waals surface area contributed by atoms with Crippen molar-refractivity contribution in [1.82, 2.24) is 10.3 Å². The van der Waals surface area contributed by atoms with Gasteiger partial charge in [0.15, 0.2) is 6.61 Å². The Morgan fingerprint density at radius 1 is 1.23 bits per heavy atom. The summed E-state index contributed by atoms with van der Waals surface area (Å²) in [7, 11) is 1.22. The lowest BCUT2D eigenvalue weighted by Crippen LogP contribution is -2.44. The third-order valence-electron chi connectivity index (χ3n) is 3.39. The second-order valence-corrected chi connectivity index (χ2v) is 5.20. The predicted octanol–water partition coefficient (Wildman–Crippen LogP) is 1.27. The summed E-state index contributed by atoms with van der Waals surface area (Å²) >= 11 is 0. The molecule has 0 saturated heterocycles. The number of rotatable bonds is 8. The van der Waals surface area contributed by atoms with E-state index in [2.05, 4.69) is 10.3 Å². The van der Waals surface area contributed by atoms with Crippen molar-refractivity contribution in [2.75, 3.05) is 13.7 Å². The van der Waals surface area contributed by atoms with E-state index < -0.39 is 35.3 Å². The van der Waals surface area contributed by atoms with Crippen molar-refractivity contribution < 1.29 is 24.0 Å². The van der Waals surface area contributed by atoms with Crippen LogP contribution in [0.15, 0.2) is 48.7 Å². The van der Waals surface area contributed by atoms with E-state index in [1.165, 1.54) is 25.4 Å². The maximum atomic E-state index is 12.1. The van der Waals surface area contributed by atoms with E-state index >= 15 is 0 Å². The van der Waals surface area contributed by atoms with Gasteiger partial charge in [-0.3, -0.25) is 4.79 Å². The SMILES string of the molecule is COC(=O)[C@@H](Cc1ccccc1)NC(=O)COc1cccnc1[N+](=O)[O-]. The third-order valence-corrected chi connectivity index (χ3v) is 3.39. The van der Waals surface area contributed by atoms with Gasteiger partial charge in [-0.2, -0.15) is 0 Å². The van der Waals surface area contributed by atoms with Crippen LogP contribution in [-0.2, 0) is 20.7 Å². The highest BCUT2D eigenvalue weighted by molar-refractivity contribution is 5.85. The molecule has 0 aliphatic carbocycles. The Labute approximate surface area is 149 Å². The molecule has 0 radical (unpaired) electrons. The van der Waals surface area contributed by atoms with Crippen molar-refractivity contribution in [3.8, 4) is 5.75 Å². The zero-order chi connectivity index (χ0) is 18.9. The molecule has 1 aromatic carbocycles. The molecule has 2 aromatic rings. The number of aromatic nitrogens is 1. The third kappa shape index (κ3) is 5.26. The zero-order valence-corrected chi connectivity index (χ0v) is 14.0. The molecular formula is C17H17N3O6. The standard InChI is InChI=1S/C17H17N3O6/c1-25-17(22)13(10-12-6-3-2-4-7-12)19-15(21)11-26-14-8-5-9-18-16(14)20(23)24/h2-9,13H,10-11H2,1H3,(H,19,21)/t13-/m1/s1. The first-order valence-electron chi connectivity index (χ1n) is 7.64. The summed E-state index contributed by atoms with van der Waals surface area (Å²) in [5, 5.41) is 13.4. The van der Waals surface area contributed by atoms with Gasteiger partial charge in [-0.25, -0.2) is 4.79 Å². The van der Waals surface area contributed by atoms with Crippen molar-refractivity contribution in [3.63, 3.8) is 0 Å². The van der Waals surface area contributed by atoms with Crippen LogP contribution in [0, 0.1) is 10.1 Å². The molecule has 0 fully saturated rings. The topological polar surface area (TPSA) is 121 Å². The van der Waals surface area contributed by atoms with Crippen molar-refractivity contribution in [1.29, 1.82) is 0 Å². The zero-order valence-electron chi connectivity index (χ0n) is 14.0. The molecule has 0 spiro atoms. The maximum Gasteiger partial charge on any atom is 0.406 e. The summed E-state index contributed by atoms with van der Waals surface area (Å²) in [6.45, 7) is -0.505. The molecule has 0 aliphatic heterocycles. The lowest BCUT2D eigenvalue weighted by atomic mass is 10.1. The van der Waals surface area contributed by atoms with Crippen LogP contribution < -0.4 is 10.1 Å². The summed E-state index contributed by atoms with van der Waals surface area (Å²) in [4.78, 5) is 37.7. The molecule has 0 saturated carbocycles. The monoisotopic (exact) mass is 359 g/mol. The van der Waals surface area contributed by atoms with Crippen LogP contribution in [0.3, 0.4) is 0 Å². The van der Waals surface area contributed by atoms with Crippen LogP contribution in [0.4, 0.5) is 5.82 Å². The summed E-state index contributed by atoms with van der Waals surface area (Å²) < 4.78 is 9.86. The van der Waals surface area contributed by atoms with Crippen LogP contribution in [0.2, 0.25) is 0 Å². The van der Waals surface area contributed by atoms with Crippen molar-refractivity contribution >= 4 is 17.7 Å². The van der Waals surface area contributed by atoms with Crippen molar-refractivity contribution in [2.45, 2.75) is 12.5 Å². The van der Waals surface area contributed by atoms with Gasteiger partial charge in [0.1, 0.15) is 12.2 Å². The Morgan fingerprint density at radius 3 is 2.62 bits per heavy atom. The molecule has 1 N–H and O–H groups in total. The van der Waals surface area contributed by atoms with Crippen LogP contribution in [0.25, 0.3) is 0 Å². The lowest BCUT2D eigenvalue weighted by molar-refractivity contribution is -0.390. The van der Waals surface area contributed by atoms with E-state index in [1.807, 2.05) is 30.3 Å². The van der Waals surface area contributed by atoms with E-state index in [0.717, 1.165) is 5.56 Å². The molecule has 0 bridgehead atoms. The minimum absolute atomic E-state index is 0.134. The molecule has 0 unspecified atom stereocenters. The summed E-state index contributed by atoms with van der Waals surface area (Å²) in [5.41, 5.74) is 0.840. The number of pyridine rings is 1. The summed E-state index contributed by atoms with van der Waals surface area (Å²) in [6, 6.07) is 11.0. The molecule has 0 aliphatic rings. The molecule has 1 heterocycles. The molecular weight excluding hydrogens is 342 g/mol. The van der Waals surface area contributed by atoms with Gasteiger partial charge in [0.2, 0.25) is 5.75 Å². The molecule has 136 valence electrons. The van der Waals surface area contributed by atoms with Gasteiger partial charge in [0.05, 0.1) is 7.11 Å². The number of esters is 1. The fourth-order valence-corrected chi connectivity index (χ4v) is 2.20. The molecule has 2 rings (SSSR count). The highest BCUT2D eigenvalue weighted by Crippen LogP contribution is 2.22. The average molecular weight is 359 g/mol. The van der Waals surface area contributed by atoms with Gasteiger partial charge in [0, 0.05) is 6.42 Å². The second-order valence-electron chi connectivity index (χ2n) is 5.20. The normalized spacial score (nSPS) is 11.3. The Hall–Kier alpha value is -3.49. The number of hydrogen-bond donors (Lipinski definition) is 1. The number of carbonyl (C=O) groups excluding carboxylic acids is 2. The van der Waals surface area contributed by atoms with Gasteiger partial charge >= 0.3 is 11.8 Å². The number of ether oxygens (including phenoxy) is 2. The number of amides is 1. The van der Waals surface area contributed by atoms with Crippen molar-refractivity contribution in [3.05, 3.63) is 64.3 Å². The molecule has 9 heteroatoms. The number of nitrogens with one attached hydrogen (secondary N) is 1. The molecule has 1 aromatic heterocycles. The first kappa shape index (κ1) is 18.8. The summed E-state index contributed by atoms with van der Waals surface area (Å²) in [5.74, 6) is -1.84. The van der Waals surface area contributed by atoms with E-state index in [0.29, 0.717) is 0 Å². The number of carbonyl (C=O) groups is 2. The Kier molecular flexibility index (Phi) is 6.60. The van der Waals surface area contributed by atoms with Gasteiger partial charge in [-0.15, -0.1) is 0 Å². The minimum Gasteiger partial charge on any atom is -0.476 e. The van der Waals surface area contributed by atoms with Crippen LogP contribution in [0.1, 0.15) is 5.56 Å². The quantitative estimate of drug-likeness (QED) is 0.428. The van der Waals surface area contributed by atoms with Crippen LogP contribution >= 0.6 is 0 Å². The Morgan fingerprint density at radius 2 is 1.96 bits per heavy atom. The molecule has 1 amide bonds. The van der Waals surface area contributed by atoms with E-state index in [1.54, 1.807) is 0 Å². The average Bonchev–Trinajstić information content (AvgIpc) is 2.66. The number of nitro groups is 1. The Bertz CT molecular complexity index is 781. The second kappa shape index (κ2) is 9.11. The van der Waals surface area contributed by atoms with E-state index in [-0.39, 0.29) is 12.2 Å². The number of benzene rings is 1. The fraction of sp³-hybridized carbons (Fsp3) is 0.235. The first-order chi connectivity index (χ1) is 12.5. The fourth-order valence-electron chi connectivity index (χ4n) is 2.20. The van der Waals surface area contributed by atoms with Crippen LogP contribution in [-0.4, -0.2) is 41.5 Å². The Balaban J connectivity index is 1.99. The predicted molar refractivity (Wildman–Crippen MR) is 90.5 cm³/mol. The highest BCUT2D eigenvalue weighted by Gasteiger charge is 2.23. The van der Waals surface area contributed by atoms with Gasteiger partial charge in [-0.05, 0) is 27.6 Å². The molecule has 1 atom stereocenters.